The largest absolute Gasteiger partial charge is 0.462 e. The molecule has 0 aliphatic heterocycles. The molecule has 0 rings (SSSR count). The molecule has 0 aromatic rings. The molecule has 0 aromatic carbocycles. The van der Waals surface area contributed by atoms with Crippen molar-refractivity contribution < 1.29 is 28.6 Å². The van der Waals surface area contributed by atoms with Crippen molar-refractivity contribution in [3.63, 3.8) is 0 Å². The van der Waals surface area contributed by atoms with E-state index in [0.717, 1.165) is 103 Å². The van der Waals surface area contributed by atoms with E-state index in [1.165, 1.54) is 148 Å². The third-order valence-corrected chi connectivity index (χ3v) is 12.7. The minimum atomic E-state index is -0.780. The fraction of sp³-hybridized carbons (Fsp3) is 0.762. The predicted molar refractivity (Wildman–Crippen MR) is 298 cm³/mol. The first kappa shape index (κ1) is 65.8. The fourth-order valence-corrected chi connectivity index (χ4v) is 8.22. The lowest BCUT2D eigenvalue weighted by molar-refractivity contribution is -0.167. The Labute approximate surface area is 427 Å². The number of carbonyl (C=O) groups excluding carboxylic acids is 3. The number of carbonyl (C=O) groups is 3. The third-order valence-electron chi connectivity index (χ3n) is 12.7. The number of hydrogen-bond donors (Lipinski definition) is 0. The Balaban J connectivity index is 4.11. The molecular formula is C63H110O6. The van der Waals surface area contributed by atoms with Gasteiger partial charge in [0.05, 0.1) is 0 Å². The summed E-state index contributed by atoms with van der Waals surface area (Å²) in [5, 5.41) is 0. The second kappa shape index (κ2) is 57.4. The molecule has 6 heteroatoms. The van der Waals surface area contributed by atoms with Gasteiger partial charge in [-0.05, 0) is 96.3 Å². The molecule has 1 atom stereocenters. The van der Waals surface area contributed by atoms with Crippen LogP contribution in [0, 0.1) is 0 Å². The van der Waals surface area contributed by atoms with Crippen molar-refractivity contribution in [2.45, 2.75) is 297 Å². The van der Waals surface area contributed by atoms with E-state index < -0.39 is 6.10 Å². The Morgan fingerprint density at radius 3 is 0.899 bits per heavy atom. The molecule has 69 heavy (non-hydrogen) atoms. The van der Waals surface area contributed by atoms with E-state index in [2.05, 4.69) is 93.7 Å². The molecule has 0 N–H and O–H groups in total. The zero-order valence-electron chi connectivity index (χ0n) is 45.6. The van der Waals surface area contributed by atoms with Crippen molar-refractivity contribution in [3.8, 4) is 0 Å². The Morgan fingerprint density at radius 2 is 0.565 bits per heavy atom. The SMILES string of the molecule is CC/C=C\C/C=C\C/C=C\C/C=C\CCCCCCCCCCCCCCCCCCC(=O)OCC(COC(=O)CCCCCCC/C=C\CCCC)OC(=O)CCCCCCC/C=C\CCCC. The quantitative estimate of drug-likeness (QED) is 0.0262. The van der Waals surface area contributed by atoms with Crippen LogP contribution < -0.4 is 0 Å². The molecule has 1 unspecified atom stereocenters. The average Bonchev–Trinajstić information content (AvgIpc) is 3.35. The molecule has 0 saturated heterocycles. The highest BCUT2D eigenvalue weighted by molar-refractivity contribution is 5.71. The molecule has 0 aromatic heterocycles. The minimum absolute atomic E-state index is 0.0791. The zero-order chi connectivity index (χ0) is 50.0. The summed E-state index contributed by atoms with van der Waals surface area (Å²) in [5.41, 5.74) is 0. The van der Waals surface area contributed by atoms with Crippen molar-refractivity contribution in [1.29, 1.82) is 0 Å². The summed E-state index contributed by atoms with van der Waals surface area (Å²) >= 11 is 0. The van der Waals surface area contributed by atoms with E-state index in [4.69, 9.17) is 14.2 Å². The van der Waals surface area contributed by atoms with Gasteiger partial charge in [0.2, 0.25) is 0 Å². The summed E-state index contributed by atoms with van der Waals surface area (Å²) in [6.45, 7) is 6.45. The van der Waals surface area contributed by atoms with Crippen molar-refractivity contribution in [2.24, 2.45) is 0 Å². The van der Waals surface area contributed by atoms with Gasteiger partial charge in [0.15, 0.2) is 6.10 Å². The molecule has 0 saturated carbocycles. The Bertz CT molecular complexity index is 1290. The fourth-order valence-electron chi connectivity index (χ4n) is 8.22. The van der Waals surface area contributed by atoms with E-state index >= 15 is 0 Å². The van der Waals surface area contributed by atoms with Gasteiger partial charge in [0.1, 0.15) is 13.2 Å². The van der Waals surface area contributed by atoms with Gasteiger partial charge in [-0.15, -0.1) is 0 Å². The first-order valence-electron chi connectivity index (χ1n) is 29.4. The Kier molecular flexibility index (Phi) is 54.8. The van der Waals surface area contributed by atoms with E-state index in [-0.39, 0.29) is 31.1 Å². The Morgan fingerprint density at radius 1 is 0.304 bits per heavy atom. The van der Waals surface area contributed by atoms with Gasteiger partial charge in [-0.2, -0.15) is 0 Å². The maximum absolute atomic E-state index is 12.8. The standard InChI is InChI=1S/C63H110O6/c1-4-7-10-13-16-19-22-23-24-25-26-27-28-29-30-31-32-33-34-35-36-37-38-39-42-44-47-50-53-56-62(65)68-59-60(69-63(66)57-54-51-48-45-41-21-18-15-12-9-6-3)58-67-61(64)55-52-49-46-43-40-20-17-14-11-8-5-2/h7,10,14-19,23-24,26-27,60H,4-6,8-9,11-13,20-22,25,28-59H2,1-3H3/b10-7-,17-14-,18-15-,19-16-,24-23-,27-26-. The number of esters is 3. The molecule has 0 bridgehead atoms. The molecule has 0 radical (unpaired) electrons. The smallest absolute Gasteiger partial charge is 0.306 e. The molecule has 0 amide bonds. The zero-order valence-corrected chi connectivity index (χ0v) is 45.6. The molecule has 0 aliphatic carbocycles. The van der Waals surface area contributed by atoms with E-state index in [0.29, 0.717) is 19.3 Å². The first-order valence-corrected chi connectivity index (χ1v) is 29.4. The van der Waals surface area contributed by atoms with Crippen LogP contribution >= 0.6 is 0 Å². The second-order valence-corrected chi connectivity index (χ2v) is 19.5. The normalized spacial score (nSPS) is 12.6. The van der Waals surface area contributed by atoms with Gasteiger partial charge in [0, 0.05) is 19.3 Å². The summed E-state index contributed by atoms with van der Waals surface area (Å²) in [7, 11) is 0. The lowest BCUT2D eigenvalue weighted by atomic mass is 10.0. The van der Waals surface area contributed by atoms with E-state index in [9.17, 15) is 14.4 Å². The van der Waals surface area contributed by atoms with Crippen LogP contribution in [0.3, 0.4) is 0 Å². The molecule has 6 nitrogen and oxygen atoms in total. The summed E-state index contributed by atoms with van der Waals surface area (Å²) in [6, 6.07) is 0. The van der Waals surface area contributed by atoms with Crippen LogP contribution in [0.2, 0.25) is 0 Å². The van der Waals surface area contributed by atoms with Crippen molar-refractivity contribution >= 4 is 17.9 Å². The minimum Gasteiger partial charge on any atom is -0.462 e. The maximum Gasteiger partial charge on any atom is 0.306 e. The van der Waals surface area contributed by atoms with Crippen LogP contribution in [-0.2, 0) is 28.6 Å². The third kappa shape index (κ3) is 55.6. The van der Waals surface area contributed by atoms with Gasteiger partial charge in [-0.3, -0.25) is 14.4 Å². The van der Waals surface area contributed by atoms with Crippen molar-refractivity contribution in [3.05, 3.63) is 72.9 Å². The number of hydrogen-bond acceptors (Lipinski definition) is 6. The number of rotatable bonds is 53. The van der Waals surface area contributed by atoms with Gasteiger partial charge >= 0.3 is 17.9 Å². The molecule has 0 fully saturated rings. The lowest BCUT2D eigenvalue weighted by Gasteiger charge is -2.18. The number of unbranched alkanes of at least 4 members (excludes halogenated alkanes) is 30. The Hall–Kier alpha value is -3.15. The molecule has 0 spiro atoms. The molecule has 0 heterocycles. The summed E-state index contributed by atoms with van der Waals surface area (Å²) in [6.07, 6.45) is 73.5. The molecule has 398 valence electrons. The average molecular weight is 964 g/mol. The van der Waals surface area contributed by atoms with Crippen molar-refractivity contribution in [1.82, 2.24) is 0 Å². The van der Waals surface area contributed by atoms with Gasteiger partial charge in [-0.25, -0.2) is 0 Å². The monoisotopic (exact) mass is 963 g/mol. The molecule has 0 aliphatic rings. The van der Waals surface area contributed by atoms with Gasteiger partial charge in [-0.1, -0.05) is 248 Å². The van der Waals surface area contributed by atoms with Crippen LogP contribution in [0.25, 0.3) is 0 Å². The maximum atomic E-state index is 12.8. The van der Waals surface area contributed by atoms with Crippen LogP contribution in [0.1, 0.15) is 290 Å². The topological polar surface area (TPSA) is 78.9 Å². The highest BCUT2D eigenvalue weighted by Gasteiger charge is 2.19. The van der Waals surface area contributed by atoms with Gasteiger partial charge < -0.3 is 14.2 Å². The van der Waals surface area contributed by atoms with Gasteiger partial charge in [0.25, 0.3) is 0 Å². The van der Waals surface area contributed by atoms with Crippen LogP contribution in [0.4, 0.5) is 0 Å². The molecular weight excluding hydrogens is 853 g/mol. The summed E-state index contributed by atoms with van der Waals surface area (Å²) in [4.78, 5) is 38.0. The lowest BCUT2D eigenvalue weighted by Crippen LogP contribution is -2.30. The van der Waals surface area contributed by atoms with E-state index in [1.54, 1.807) is 0 Å². The van der Waals surface area contributed by atoms with Crippen molar-refractivity contribution in [2.75, 3.05) is 13.2 Å². The van der Waals surface area contributed by atoms with Crippen LogP contribution in [0.5, 0.6) is 0 Å². The first-order chi connectivity index (χ1) is 34.0. The highest BCUT2D eigenvalue weighted by Crippen LogP contribution is 2.16. The van der Waals surface area contributed by atoms with Crippen LogP contribution in [0.15, 0.2) is 72.9 Å². The second-order valence-electron chi connectivity index (χ2n) is 19.5. The summed E-state index contributed by atoms with van der Waals surface area (Å²) in [5.74, 6) is -0.892. The van der Waals surface area contributed by atoms with E-state index in [1.807, 2.05) is 0 Å². The van der Waals surface area contributed by atoms with Crippen LogP contribution in [-0.4, -0.2) is 37.2 Å². The highest BCUT2D eigenvalue weighted by atomic mass is 16.6. The number of allylic oxidation sites excluding steroid dienone is 12. The predicted octanol–water partition coefficient (Wildman–Crippen LogP) is 19.8. The summed E-state index contributed by atoms with van der Waals surface area (Å²) < 4.78 is 16.8. The number of ether oxygens (including phenoxy) is 3.